The highest BCUT2D eigenvalue weighted by Gasteiger charge is 2.26. The first-order valence-corrected chi connectivity index (χ1v) is 11.1. The van der Waals surface area contributed by atoms with E-state index in [0.29, 0.717) is 52.7 Å². The van der Waals surface area contributed by atoms with E-state index in [9.17, 15) is 9.59 Å². The van der Waals surface area contributed by atoms with Gasteiger partial charge in [0.05, 0.1) is 21.3 Å². The smallest absolute Gasteiger partial charge is 0.193 e. The maximum Gasteiger partial charge on any atom is 0.193 e. The van der Waals surface area contributed by atoms with Gasteiger partial charge in [-0.1, -0.05) is 37.3 Å². The lowest BCUT2D eigenvalue weighted by molar-refractivity contribution is -0.118. The molecule has 178 valence electrons. The Bertz CT molecular complexity index is 1150. The third kappa shape index (κ3) is 5.39. The Morgan fingerprint density at radius 2 is 1.44 bits per heavy atom. The number of ether oxygens (including phenoxy) is 4. The zero-order valence-electron chi connectivity index (χ0n) is 20.2. The fraction of sp³-hybridized carbons (Fsp3) is 0.286. The van der Waals surface area contributed by atoms with Gasteiger partial charge in [0.25, 0.3) is 0 Å². The Morgan fingerprint density at radius 1 is 0.794 bits per heavy atom. The molecule has 0 aliphatic heterocycles. The minimum Gasteiger partial charge on any atom is -0.493 e. The molecule has 0 aliphatic rings. The molecule has 1 unspecified atom stereocenters. The van der Waals surface area contributed by atoms with Crippen molar-refractivity contribution in [2.24, 2.45) is 0 Å². The Kier molecular flexibility index (Phi) is 8.30. The fourth-order valence-corrected chi connectivity index (χ4v) is 3.93. The van der Waals surface area contributed by atoms with E-state index in [4.69, 9.17) is 18.9 Å². The first-order chi connectivity index (χ1) is 16.4. The largest absolute Gasteiger partial charge is 0.493 e. The molecule has 0 spiro atoms. The highest BCUT2D eigenvalue weighted by Crippen LogP contribution is 2.37. The number of benzene rings is 3. The molecule has 0 amide bonds. The topological polar surface area (TPSA) is 71.1 Å². The lowest BCUT2D eigenvalue weighted by Gasteiger charge is -2.20. The molecular formula is C28H30O6. The van der Waals surface area contributed by atoms with Crippen molar-refractivity contribution >= 4 is 11.6 Å². The predicted molar refractivity (Wildman–Crippen MR) is 130 cm³/mol. The second kappa shape index (κ2) is 11.4. The van der Waals surface area contributed by atoms with Gasteiger partial charge in [0, 0.05) is 17.0 Å². The van der Waals surface area contributed by atoms with Gasteiger partial charge in [-0.25, -0.2) is 0 Å². The minimum atomic E-state index is -0.439. The van der Waals surface area contributed by atoms with Gasteiger partial charge in [0.2, 0.25) is 0 Å². The van der Waals surface area contributed by atoms with Crippen molar-refractivity contribution in [2.75, 3.05) is 21.3 Å². The molecule has 34 heavy (non-hydrogen) atoms. The quantitative estimate of drug-likeness (QED) is 0.345. The third-order valence-electron chi connectivity index (χ3n) is 5.74. The van der Waals surface area contributed by atoms with E-state index in [1.807, 2.05) is 37.3 Å². The summed E-state index contributed by atoms with van der Waals surface area (Å²) in [5, 5.41) is 0. The zero-order chi connectivity index (χ0) is 24.7. The molecule has 6 heteroatoms. The maximum absolute atomic E-state index is 13.7. The number of carbonyl (C=O) groups excluding carboxylic acids is 2. The molecule has 3 rings (SSSR count). The SMILES string of the molecule is CCC(C(C)=O)c1cc(OC)c(OC)cc1C(=O)c1ccc(OC)c(OCc2ccccc2)c1. The maximum atomic E-state index is 13.7. The standard InChI is InChI=1S/C28H30O6/c1-6-21(18(2)29)22-15-25(32-4)26(33-5)16-23(22)28(30)20-12-13-24(31-3)27(14-20)34-17-19-10-8-7-9-11-19/h7-16,21H,6,17H2,1-5H3. The van der Waals surface area contributed by atoms with Crippen LogP contribution < -0.4 is 18.9 Å². The van der Waals surface area contributed by atoms with Crippen molar-refractivity contribution in [1.29, 1.82) is 0 Å². The molecule has 0 N–H and O–H groups in total. The lowest BCUT2D eigenvalue weighted by Crippen LogP contribution is -2.15. The van der Waals surface area contributed by atoms with Crippen LogP contribution in [0.4, 0.5) is 0 Å². The average molecular weight is 463 g/mol. The van der Waals surface area contributed by atoms with E-state index < -0.39 is 5.92 Å². The molecule has 0 heterocycles. The van der Waals surface area contributed by atoms with Gasteiger partial charge >= 0.3 is 0 Å². The summed E-state index contributed by atoms with van der Waals surface area (Å²) < 4.78 is 22.3. The molecule has 0 bridgehead atoms. The Morgan fingerprint density at radius 3 is 2.03 bits per heavy atom. The van der Waals surface area contributed by atoms with Crippen LogP contribution >= 0.6 is 0 Å². The number of carbonyl (C=O) groups is 2. The van der Waals surface area contributed by atoms with Gasteiger partial charge in [0.1, 0.15) is 12.4 Å². The van der Waals surface area contributed by atoms with Gasteiger partial charge in [-0.3, -0.25) is 9.59 Å². The molecular weight excluding hydrogens is 432 g/mol. The molecule has 0 radical (unpaired) electrons. The number of hydrogen-bond donors (Lipinski definition) is 0. The van der Waals surface area contributed by atoms with Gasteiger partial charge in [-0.2, -0.15) is 0 Å². The predicted octanol–water partition coefficient (Wildman–Crippen LogP) is 5.61. The van der Waals surface area contributed by atoms with Crippen molar-refractivity contribution in [3.8, 4) is 23.0 Å². The van der Waals surface area contributed by atoms with Gasteiger partial charge in [-0.05, 0) is 54.8 Å². The molecule has 0 saturated heterocycles. The van der Waals surface area contributed by atoms with E-state index in [0.717, 1.165) is 5.56 Å². The summed E-state index contributed by atoms with van der Waals surface area (Å²) in [6.45, 7) is 3.78. The zero-order valence-corrected chi connectivity index (χ0v) is 20.2. The second-order valence-electron chi connectivity index (χ2n) is 7.83. The Hall–Kier alpha value is -3.80. The monoisotopic (exact) mass is 462 g/mol. The summed E-state index contributed by atoms with van der Waals surface area (Å²) in [7, 11) is 4.59. The highest BCUT2D eigenvalue weighted by atomic mass is 16.5. The van der Waals surface area contributed by atoms with Crippen molar-refractivity contribution in [3.05, 3.63) is 82.9 Å². The van der Waals surface area contributed by atoms with Gasteiger partial charge < -0.3 is 18.9 Å². The summed E-state index contributed by atoms with van der Waals surface area (Å²) in [5.74, 6) is 1.16. The normalized spacial score (nSPS) is 11.4. The van der Waals surface area contributed by atoms with E-state index in [1.54, 1.807) is 37.4 Å². The lowest BCUT2D eigenvalue weighted by atomic mass is 9.86. The summed E-state index contributed by atoms with van der Waals surface area (Å²) in [6, 6.07) is 18.2. The van der Waals surface area contributed by atoms with Crippen LogP contribution in [0.3, 0.4) is 0 Å². The third-order valence-corrected chi connectivity index (χ3v) is 5.74. The number of Topliss-reactive ketones (excluding diaryl/α,β-unsaturated/α-hetero) is 1. The molecule has 6 nitrogen and oxygen atoms in total. The van der Waals surface area contributed by atoms with E-state index in [2.05, 4.69) is 0 Å². The Balaban J connectivity index is 2.05. The second-order valence-corrected chi connectivity index (χ2v) is 7.83. The fourth-order valence-electron chi connectivity index (χ4n) is 3.93. The van der Waals surface area contributed by atoms with Crippen molar-refractivity contribution < 1.29 is 28.5 Å². The van der Waals surface area contributed by atoms with Crippen LogP contribution in [0.25, 0.3) is 0 Å². The molecule has 3 aromatic rings. The van der Waals surface area contributed by atoms with Crippen molar-refractivity contribution in [2.45, 2.75) is 32.8 Å². The van der Waals surface area contributed by atoms with Crippen molar-refractivity contribution in [3.63, 3.8) is 0 Å². The molecule has 0 saturated carbocycles. The molecule has 0 fully saturated rings. The molecule has 0 aromatic heterocycles. The van der Waals surface area contributed by atoms with E-state index >= 15 is 0 Å². The van der Waals surface area contributed by atoms with Crippen molar-refractivity contribution in [1.82, 2.24) is 0 Å². The summed E-state index contributed by atoms with van der Waals surface area (Å²) in [6.07, 6.45) is 0.555. The minimum absolute atomic E-state index is 0.0228. The molecule has 1 atom stereocenters. The van der Waals surface area contributed by atoms with Crippen LogP contribution in [0.15, 0.2) is 60.7 Å². The first-order valence-electron chi connectivity index (χ1n) is 11.1. The van der Waals surface area contributed by atoms with Crippen LogP contribution in [0.2, 0.25) is 0 Å². The van der Waals surface area contributed by atoms with Gasteiger partial charge in [-0.15, -0.1) is 0 Å². The summed E-state index contributed by atoms with van der Waals surface area (Å²) in [4.78, 5) is 26.1. The van der Waals surface area contributed by atoms with Crippen LogP contribution in [-0.2, 0) is 11.4 Å². The number of hydrogen-bond acceptors (Lipinski definition) is 6. The summed E-state index contributed by atoms with van der Waals surface area (Å²) >= 11 is 0. The molecule has 0 aliphatic carbocycles. The number of rotatable bonds is 11. The highest BCUT2D eigenvalue weighted by molar-refractivity contribution is 6.11. The Labute approximate surface area is 200 Å². The van der Waals surface area contributed by atoms with Crippen LogP contribution in [0.1, 0.15) is 53.2 Å². The van der Waals surface area contributed by atoms with E-state index in [1.165, 1.54) is 21.1 Å². The average Bonchev–Trinajstić information content (AvgIpc) is 2.87. The number of ketones is 2. The van der Waals surface area contributed by atoms with Crippen LogP contribution in [-0.4, -0.2) is 32.9 Å². The first kappa shape index (κ1) is 24.8. The number of methoxy groups -OCH3 is 3. The van der Waals surface area contributed by atoms with Crippen LogP contribution in [0, 0.1) is 0 Å². The summed E-state index contributed by atoms with van der Waals surface area (Å²) in [5.41, 5.74) is 2.41. The van der Waals surface area contributed by atoms with Gasteiger partial charge in [0.15, 0.2) is 28.8 Å². The van der Waals surface area contributed by atoms with Crippen LogP contribution in [0.5, 0.6) is 23.0 Å². The van der Waals surface area contributed by atoms with E-state index in [-0.39, 0.29) is 11.6 Å². The molecule has 3 aromatic carbocycles.